The monoisotopic (exact) mass is 260 g/mol. The van der Waals surface area contributed by atoms with E-state index in [9.17, 15) is 14.7 Å². The number of carboxylic acids is 1. The molecule has 0 radical (unpaired) electrons. The molecule has 0 aromatic heterocycles. The van der Waals surface area contributed by atoms with Gasteiger partial charge in [-0.25, -0.2) is 0 Å². The molecule has 2 aliphatic rings. The predicted octanol–water partition coefficient (Wildman–Crippen LogP) is 3.42. The van der Waals surface area contributed by atoms with E-state index in [0.29, 0.717) is 11.1 Å². The third kappa shape index (κ3) is 1.97. The third-order valence-corrected chi connectivity index (χ3v) is 4.09. The molecule has 0 spiro atoms. The first-order valence-corrected chi connectivity index (χ1v) is 6.93. The van der Waals surface area contributed by atoms with Gasteiger partial charge in [0.15, 0.2) is 11.2 Å². The zero-order valence-electron chi connectivity index (χ0n) is 11.5. The first kappa shape index (κ1) is 13.8. The average molecular weight is 260 g/mol. The van der Waals surface area contributed by atoms with E-state index in [0.717, 1.165) is 24.8 Å². The van der Waals surface area contributed by atoms with Crippen LogP contribution in [0.5, 0.6) is 0 Å². The standard InChI is InChI=1S/C16H20O3/c1-3-4-5-6-7-12-10-13-8-9-14(12)16(13,11(2)17)15(18)19/h8-10H,3-7H2,1-2H3,(H,18,19). The lowest BCUT2D eigenvalue weighted by atomic mass is 9.77. The van der Waals surface area contributed by atoms with Gasteiger partial charge in [-0.05, 0) is 36.5 Å². The molecule has 19 heavy (non-hydrogen) atoms. The van der Waals surface area contributed by atoms with Crippen LogP contribution in [-0.4, -0.2) is 16.9 Å². The van der Waals surface area contributed by atoms with Crippen LogP contribution in [-0.2, 0) is 9.59 Å². The smallest absolute Gasteiger partial charge is 0.326 e. The molecule has 2 aliphatic carbocycles. The van der Waals surface area contributed by atoms with Gasteiger partial charge < -0.3 is 5.11 Å². The van der Waals surface area contributed by atoms with Gasteiger partial charge in [0.05, 0.1) is 0 Å². The molecule has 0 heterocycles. The lowest BCUT2D eigenvalue weighted by molar-refractivity contribution is -0.148. The molecule has 0 saturated heterocycles. The molecule has 2 rings (SSSR count). The Kier molecular flexibility index (Phi) is 3.74. The van der Waals surface area contributed by atoms with E-state index in [2.05, 4.69) is 6.92 Å². The minimum atomic E-state index is -1.40. The number of carbonyl (C=O) groups excluding carboxylic acids is 1. The number of rotatable bonds is 7. The van der Waals surface area contributed by atoms with Crippen LogP contribution in [0.2, 0.25) is 0 Å². The summed E-state index contributed by atoms with van der Waals surface area (Å²) < 4.78 is 0. The molecule has 0 saturated carbocycles. The van der Waals surface area contributed by atoms with Gasteiger partial charge in [0.2, 0.25) is 0 Å². The number of fused-ring (bicyclic) bond motifs is 2. The molecule has 0 fully saturated rings. The summed E-state index contributed by atoms with van der Waals surface area (Å²) in [5.74, 6) is -1.34. The fourth-order valence-electron chi connectivity index (χ4n) is 3.08. The largest absolute Gasteiger partial charge is 0.480 e. The number of Topliss-reactive ketones (excluding diaryl/α,β-unsaturated/α-hetero) is 1. The van der Waals surface area contributed by atoms with E-state index in [4.69, 9.17) is 0 Å². The van der Waals surface area contributed by atoms with Gasteiger partial charge in [0.25, 0.3) is 0 Å². The fraction of sp³-hybridized carbons (Fsp3) is 0.500. The summed E-state index contributed by atoms with van der Waals surface area (Å²) in [4.78, 5) is 23.5. The summed E-state index contributed by atoms with van der Waals surface area (Å²) in [6.45, 7) is 3.53. The second-order valence-electron chi connectivity index (χ2n) is 5.29. The van der Waals surface area contributed by atoms with Crippen LogP contribution in [0.4, 0.5) is 0 Å². The Bertz CT molecular complexity index is 492. The Labute approximate surface area is 113 Å². The minimum absolute atomic E-state index is 0.296. The van der Waals surface area contributed by atoms with Crippen LogP contribution in [0.1, 0.15) is 46.0 Å². The van der Waals surface area contributed by atoms with Crippen LogP contribution < -0.4 is 0 Å². The second kappa shape index (κ2) is 5.16. The summed E-state index contributed by atoms with van der Waals surface area (Å²) in [5.41, 5.74) is 0.957. The molecular weight excluding hydrogens is 240 g/mol. The quantitative estimate of drug-likeness (QED) is 0.563. The molecule has 2 bridgehead atoms. The zero-order chi connectivity index (χ0) is 14.0. The average Bonchev–Trinajstić information content (AvgIpc) is 2.88. The molecule has 102 valence electrons. The first-order chi connectivity index (χ1) is 9.05. The summed E-state index contributed by atoms with van der Waals surface area (Å²) in [7, 11) is 0. The SMILES string of the molecule is CCCCCCC1=C2C=CC(=C1)C2(C(C)=O)C(=O)O. The van der Waals surface area contributed by atoms with Crippen LogP contribution >= 0.6 is 0 Å². The van der Waals surface area contributed by atoms with E-state index in [1.54, 1.807) is 12.2 Å². The number of unbranched alkanes of at least 4 members (excludes halogenated alkanes) is 3. The molecule has 1 atom stereocenters. The maximum Gasteiger partial charge on any atom is 0.326 e. The highest BCUT2D eigenvalue weighted by Crippen LogP contribution is 2.51. The van der Waals surface area contributed by atoms with Crippen molar-refractivity contribution < 1.29 is 14.7 Å². The van der Waals surface area contributed by atoms with Gasteiger partial charge in [0.1, 0.15) is 0 Å². The molecule has 0 aromatic carbocycles. The van der Waals surface area contributed by atoms with E-state index >= 15 is 0 Å². The predicted molar refractivity (Wildman–Crippen MR) is 73.8 cm³/mol. The van der Waals surface area contributed by atoms with Crippen LogP contribution in [0.15, 0.2) is 34.9 Å². The van der Waals surface area contributed by atoms with Crippen molar-refractivity contribution in [1.82, 2.24) is 0 Å². The summed E-state index contributed by atoms with van der Waals surface area (Å²) >= 11 is 0. The number of hydrogen-bond acceptors (Lipinski definition) is 2. The summed E-state index contributed by atoms with van der Waals surface area (Å²) in [6.07, 6.45) is 10.9. The first-order valence-electron chi connectivity index (χ1n) is 6.93. The topological polar surface area (TPSA) is 54.4 Å². The minimum Gasteiger partial charge on any atom is -0.480 e. The normalized spacial score (nSPS) is 24.0. The molecule has 0 aliphatic heterocycles. The van der Waals surface area contributed by atoms with Crippen LogP contribution in [0.3, 0.4) is 0 Å². The van der Waals surface area contributed by atoms with Crippen molar-refractivity contribution in [3.8, 4) is 0 Å². The summed E-state index contributed by atoms with van der Waals surface area (Å²) in [5, 5.41) is 9.51. The molecule has 3 nitrogen and oxygen atoms in total. The van der Waals surface area contributed by atoms with Gasteiger partial charge in [-0.1, -0.05) is 44.4 Å². The molecule has 3 heteroatoms. The number of aliphatic carboxylic acids is 1. The Morgan fingerprint density at radius 2 is 1.95 bits per heavy atom. The lowest BCUT2D eigenvalue weighted by Gasteiger charge is -2.21. The number of carboxylic acid groups (broad SMARTS) is 1. The molecular formula is C16H20O3. The van der Waals surface area contributed by atoms with Gasteiger partial charge >= 0.3 is 5.97 Å². The maximum atomic E-state index is 11.9. The van der Waals surface area contributed by atoms with Gasteiger partial charge in [0, 0.05) is 0 Å². The van der Waals surface area contributed by atoms with Crippen molar-refractivity contribution in [1.29, 1.82) is 0 Å². The molecule has 1 unspecified atom stereocenters. The van der Waals surface area contributed by atoms with Crippen molar-refractivity contribution >= 4 is 11.8 Å². The Hall–Kier alpha value is -1.64. The van der Waals surface area contributed by atoms with Gasteiger partial charge in [-0.15, -0.1) is 0 Å². The van der Waals surface area contributed by atoms with E-state index in [1.165, 1.54) is 19.8 Å². The highest BCUT2D eigenvalue weighted by molar-refractivity contribution is 6.12. The zero-order valence-corrected chi connectivity index (χ0v) is 11.5. The van der Waals surface area contributed by atoms with Crippen molar-refractivity contribution in [2.24, 2.45) is 5.41 Å². The van der Waals surface area contributed by atoms with Crippen molar-refractivity contribution in [3.05, 3.63) is 34.9 Å². The van der Waals surface area contributed by atoms with Crippen LogP contribution in [0, 0.1) is 5.41 Å². The number of ketones is 1. The lowest BCUT2D eigenvalue weighted by Crippen LogP contribution is -2.37. The second-order valence-corrected chi connectivity index (χ2v) is 5.29. The van der Waals surface area contributed by atoms with E-state index in [-0.39, 0.29) is 5.78 Å². The Morgan fingerprint density at radius 1 is 1.21 bits per heavy atom. The Balaban J connectivity index is 2.23. The van der Waals surface area contributed by atoms with Crippen molar-refractivity contribution in [2.75, 3.05) is 0 Å². The highest BCUT2D eigenvalue weighted by Gasteiger charge is 2.54. The van der Waals surface area contributed by atoms with Crippen LogP contribution in [0.25, 0.3) is 0 Å². The van der Waals surface area contributed by atoms with Crippen molar-refractivity contribution in [3.63, 3.8) is 0 Å². The third-order valence-electron chi connectivity index (χ3n) is 4.09. The maximum absolute atomic E-state index is 11.9. The molecule has 1 N–H and O–H groups in total. The molecule has 0 aromatic rings. The number of allylic oxidation sites excluding steroid dienone is 4. The molecule has 0 amide bonds. The number of carbonyl (C=O) groups is 2. The van der Waals surface area contributed by atoms with Gasteiger partial charge in [-0.2, -0.15) is 0 Å². The fourth-order valence-corrected chi connectivity index (χ4v) is 3.08. The summed E-state index contributed by atoms with van der Waals surface area (Å²) in [6, 6.07) is 0. The Morgan fingerprint density at radius 3 is 2.47 bits per heavy atom. The van der Waals surface area contributed by atoms with Crippen molar-refractivity contribution in [2.45, 2.75) is 46.0 Å². The van der Waals surface area contributed by atoms with E-state index < -0.39 is 11.4 Å². The van der Waals surface area contributed by atoms with E-state index in [1.807, 2.05) is 6.08 Å². The van der Waals surface area contributed by atoms with Gasteiger partial charge in [-0.3, -0.25) is 9.59 Å². The number of hydrogen-bond donors (Lipinski definition) is 1. The highest BCUT2D eigenvalue weighted by atomic mass is 16.4.